The molecule has 0 heterocycles. The van der Waals surface area contributed by atoms with Crippen molar-refractivity contribution in [3.63, 3.8) is 0 Å². The molecule has 0 unspecified atom stereocenters. The number of non-ortho nitro benzene ring substituents is 1. The molecule has 0 saturated heterocycles. The molecule has 0 N–H and O–H groups in total. The number of rotatable bonds is 2. The molecular weight excluding hydrogens is 214 g/mol. The lowest BCUT2D eigenvalue weighted by atomic mass is 10.2. The summed E-state index contributed by atoms with van der Waals surface area (Å²) in [6, 6.07) is 4.29. The van der Waals surface area contributed by atoms with E-state index in [1.807, 2.05) is 0 Å². The van der Waals surface area contributed by atoms with E-state index in [-0.39, 0.29) is 5.69 Å². The zero-order valence-corrected chi connectivity index (χ0v) is 8.95. The molecule has 5 heteroatoms. The van der Waals surface area contributed by atoms with Crippen molar-refractivity contribution in [2.45, 2.75) is 0 Å². The van der Waals surface area contributed by atoms with Gasteiger partial charge in [0.05, 0.1) is 23.3 Å². The fourth-order valence-corrected chi connectivity index (χ4v) is 1.12. The summed E-state index contributed by atoms with van der Waals surface area (Å²) in [6.45, 7) is 0. The first-order chi connectivity index (χ1) is 7.19. The van der Waals surface area contributed by atoms with Crippen LogP contribution in [0.15, 0.2) is 18.2 Å². The zero-order chi connectivity index (χ0) is 11.3. The van der Waals surface area contributed by atoms with Crippen molar-refractivity contribution in [3.8, 4) is 17.6 Å². The van der Waals surface area contributed by atoms with Crippen molar-refractivity contribution in [2.24, 2.45) is 0 Å². The minimum absolute atomic E-state index is 0.000681. The van der Waals surface area contributed by atoms with Gasteiger partial charge in [0, 0.05) is 12.1 Å². The summed E-state index contributed by atoms with van der Waals surface area (Å²) in [5.74, 6) is 6.39. The molecule has 0 aromatic heterocycles. The average Bonchev–Trinajstić information content (AvgIpc) is 2.25. The van der Waals surface area contributed by atoms with Gasteiger partial charge in [0.1, 0.15) is 5.75 Å². The van der Waals surface area contributed by atoms with Gasteiger partial charge in [-0.2, -0.15) is 12.6 Å². The quantitative estimate of drug-likeness (QED) is 0.360. The van der Waals surface area contributed by atoms with E-state index >= 15 is 0 Å². The third-order valence-corrected chi connectivity index (χ3v) is 1.85. The number of hydrogen-bond acceptors (Lipinski definition) is 4. The summed E-state index contributed by atoms with van der Waals surface area (Å²) < 4.78 is 5.03. The second kappa shape index (κ2) is 5.27. The third kappa shape index (κ3) is 2.89. The van der Waals surface area contributed by atoms with Crippen LogP contribution in [0.3, 0.4) is 0 Å². The summed E-state index contributed by atoms with van der Waals surface area (Å²) in [5, 5.41) is 10.5. The second-order valence-corrected chi connectivity index (χ2v) is 2.92. The van der Waals surface area contributed by atoms with Crippen molar-refractivity contribution >= 4 is 18.3 Å². The summed E-state index contributed by atoms with van der Waals surface area (Å²) >= 11 is 3.93. The molecule has 1 aromatic carbocycles. The van der Waals surface area contributed by atoms with Crippen LogP contribution in [0, 0.1) is 22.0 Å². The van der Waals surface area contributed by atoms with Crippen LogP contribution < -0.4 is 4.74 Å². The van der Waals surface area contributed by atoms with Gasteiger partial charge >= 0.3 is 0 Å². The van der Waals surface area contributed by atoms with E-state index in [1.165, 1.54) is 25.3 Å². The summed E-state index contributed by atoms with van der Waals surface area (Å²) in [4.78, 5) is 10.1. The molecule has 0 radical (unpaired) electrons. The monoisotopic (exact) mass is 223 g/mol. The first kappa shape index (κ1) is 11.4. The minimum atomic E-state index is -0.467. The Hall–Kier alpha value is -1.67. The Bertz CT molecular complexity index is 434. The molecule has 0 fully saturated rings. The maximum atomic E-state index is 10.5. The topological polar surface area (TPSA) is 52.4 Å². The van der Waals surface area contributed by atoms with E-state index in [2.05, 4.69) is 24.5 Å². The first-order valence-electron chi connectivity index (χ1n) is 4.11. The van der Waals surface area contributed by atoms with Crippen molar-refractivity contribution in [1.29, 1.82) is 0 Å². The van der Waals surface area contributed by atoms with Crippen LogP contribution in [-0.4, -0.2) is 17.8 Å². The van der Waals surface area contributed by atoms with E-state index in [0.717, 1.165) is 0 Å². The van der Waals surface area contributed by atoms with E-state index in [1.54, 1.807) is 0 Å². The molecule has 0 spiro atoms. The van der Waals surface area contributed by atoms with Crippen LogP contribution in [0.5, 0.6) is 5.75 Å². The molecule has 4 nitrogen and oxygen atoms in total. The Morgan fingerprint density at radius 3 is 2.87 bits per heavy atom. The lowest BCUT2D eigenvalue weighted by Crippen LogP contribution is -1.92. The van der Waals surface area contributed by atoms with Gasteiger partial charge in [0.25, 0.3) is 5.69 Å². The molecule has 15 heavy (non-hydrogen) atoms. The lowest BCUT2D eigenvalue weighted by Gasteiger charge is -2.01. The molecule has 0 saturated carbocycles. The Labute approximate surface area is 92.8 Å². The predicted octanol–water partition coefficient (Wildman–Crippen LogP) is 1.88. The van der Waals surface area contributed by atoms with Crippen LogP contribution >= 0.6 is 12.6 Å². The van der Waals surface area contributed by atoms with Crippen LogP contribution in [-0.2, 0) is 0 Å². The highest BCUT2D eigenvalue weighted by Crippen LogP contribution is 2.22. The normalized spacial score (nSPS) is 8.93. The lowest BCUT2D eigenvalue weighted by molar-refractivity contribution is -0.384. The average molecular weight is 223 g/mol. The summed E-state index contributed by atoms with van der Waals surface area (Å²) in [6.07, 6.45) is 0. The number of thiol groups is 1. The van der Waals surface area contributed by atoms with Gasteiger partial charge in [-0.15, -0.1) is 0 Å². The molecular formula is C10H9NO3S. The molecule has 0 aliphatic rings. The molecule has 0 amide bonds. The Kier molecular flexibility index (Phi) is 4.01. The van der Waals surface area contributed by atoms with Gasteiger partial charge in [-0.25, -0.2) is 0 Å². The maximum absolute atomic E-state index is 10.5. The largest absolute Gasteiger partial charge is 0.495 e. The molecule has 0 atom stereocenters. The number of methoxy groups -OCH3 is 1. The third-order valence-electron chi connectivity index (χ3n) is 1.70. The Balaban J connectivity index is 3.19. The van der Waals surface area contributed by atoms with E-state index in [4.69, 9.17) is 4.74 Å². The van der Waals surface area contributed by atoms with Crippen molar-refractivity contribution in [2.75, 3.05) is 12.9 Å². The van der Waals surface area contributed by atoms with E-state index in [0.29, 0.717) is 17.1 Å². The molecule has 0 aliphatic carbocycles. The van der Waals surface area contributed by atoms with Gasteiger partial charge < -0.3 is 4.74 Å². The highest BCUT2D eigenvalue weighted by atomic mass is 32.1. The minimum Gasteiger partial charge on any atom is -0.495 e. The Morgan fingerprint density at radius 1 is 1.60 bits per heavy atom. The zero-order valence-electron chi connectivity index (χ0n) is 8.06. The van der Waals surface area contributed by atoms with Crippen LogP contribution in [0.2, 0.25) is 0 Å². The van der Waals surface area contributed by atoms with Gasteiger partial charge in [-0.05, 0) is 6.07 Å². The molecule has 0 aliphatic heterocycles. The number of nitrogens with zero attached hydrogens (tertiary/aromatic N) is 1. The molecule has 0 bridgehead atoms. The van der Waals surface area contributed by atoms with Gasteiger partial charge in [0.2, 0.25) is 0 Å². The highest BCUT2D eigenvalue weighted by molar-refractivity contribution is 7.80. The number of benzene rings is 1. The summed E-state index contributed by atoms with van der Waals surface area (Å²) in [7, 11) is 1.49. The standard InChI is InChI=1S/C10H9NO3S/c1-14-10-5-4-9(11(12)13)7-8(10)3-2-6-15/h4-5,7,15H,6H2,1H3. The number of nitro benzene ring substituents is 1. The molecule has 1 aromatic rings. The van der Waals surface area contributed by atoms with Crippen LogP contribution in [0.25, 0.3) is 0 Å². The van der Waals surface area contributed by atoms with E-state index < -0.39 is 4.92 Å². The summed E-state index contributed by atoms with van der Waals surface area (Å²) in [5.41, 5.74) is 0.500. The highest BCUT2D eigenvalue weighted by Gasteiger charge is 2.09. The molecule has 78 valence electrons. The smallest absolute Gasteiger partial charge is 0.270 e. The maximum Gasteiger partial charge on any atom is 0.270 e. The van der Waals surface area contributed by atoms with E-state index in [9.17, 15) is 10.1 Å². The second-order valence-electron chi connectivity index (χ2n) is 2.60. The molecule has 1 rings (SSSR count). The van der Waals surface area contributed by atoms with Crippen LogP contribution in [0.1, 0.15) is 5.56 Å². The number of ether oxygens (including phenoxy) is 1. The van der Waals surface area contributed by atoms with Gasteiger partial charge in [0.15, 0.2) is 0 Å². The van der Waals surface area contributed by atoms with Crippen molar-refractivity contribution in [1.82, 2.24) is 0 Å². The van der Waals surface area contributed by atoms with Crippen molar-refractivity contribution < 1.29 is 9.66 Å². The van der Waals surface area contributed by atoms with Gasteiger partial charge in [-0.1, -0.05) is 11.8 Å². The SMILES string of the molecule is COc1ccc([N+](=O)[O-])cc1C#CCS. The predicted molar refractivity (Wildman–Crippen MR) is 60.4 cm³/mol. The van der Waals surface area contributed by atoms with Gasteiger partial charge in [-0.3, -0.25) is 10.1 Å². The first-order valence-corrected chi connectivity index (χ1v) is 4.74. The number of nitro groups is 1. The fraction of sp³-hybridized carbons (Fsp3) is 0.200. The fourth-order valence-electron chi connectivity index (χ4n) is 1.04. The Morgan fingerprint density at radius 2 is 2.33 bits per heavy atom. The van der Waals surface area contributed by atoms with Crippen molar-refractivity contribution in [3.05, 3.63) is 33.9 Å². The van der Waals surface area contributed by atoms with Crippen LogP contribution in [0.4, 0.5) is 5.69 Å². The number of hydrogen-bond donors (Lipinski definition) is 1.